The third-order valence-electron chi connectivity index (χ3n) is 3.91. The number of rotatable bonds is 7. The Morgan fingerprint density at radius 2 is 1.92 bits per heavy atom. The zero-order valence-electron chi connectivity index (χ0n) is 14.3. The topological polar surface area (TPSA) is 76.7 Å². The summed E-state index contributed by atoms with van der Waals surface area (Å²) in [5.74, 6) is 0.961. The molecule has 26 heavy (non-hydrogen) atoms. The zero-order chi connectivity index (χ0) is 18.4. The summed E-state index contributed by atoms with van der Waals surface area (Å²) in [6, 6.07) is 12.5. The Hall–Kier alpha value is -3.28. The van der Waals surface area contributed by atoms with Crippen molar-refractivity contribution >= 4 is 17.5 Å². The first kappa shape index (κ1) is 17.5. The molecule has 1 aliphatic heterocycles. The van der Waals surface area contributed by atoms with E-state index < -0.39 is 0 Å². The predicted octanol–water partition coefficient (Wildman–Crippen LogP) is 3.25. The van der Waals surface area contributed by atoms with E-state index in [-0.39, 0.29) is 18.6 Å². The smallest absolute Gasteiger partial charge is 0.253 e. The van der Waals surface area contributed by atoms with Crippen LogP contribution < -0.4 is 20.1 Å². The normalized spacial score (nSPS) is 11.7. The highest BCUT2D eigenvalue weighted by molar-refractivity contribution is 6.03. The second kappa shape index (κ2) is 8.20. The van der Waals surface area contributed by atoms with Crippen LogP contribution in [0.4, 0.5) is 5.69 Å². The van der Waals surface area contributed by atoms with E-state index in [0.29, 0.717) is 42.1 Å². The summed E-state index contributed by atoms with van der Waals surface area (Å²) in [5, 5.41) is 5.63. The molecule has 0 unspecified atom stereocenters. The summed E-state index contributed by atoms with van der Waals surface area (Å²) in [6.45, 7) is 4.15. The molecule has 0 aromatic heterocycles. The molecular formula is C20H20N2O4. The summed E-state index contributed by atoms with van der Waals surface area (Å²) >= 11 is 0. The molecule has 2 N–H and O–H groups in total. The van der Waals surface area contributed by atoms with Gasteiger partial charge in [0.2, 0.25) is 12.7 Å². The van der Waals surface area contributed by atoms with Crippen molar-refractivity contribution in [1.82, 2.24) is 5.32 Å². The number of carbonyl (C=O) groups is 2. The van der Waals surface area contributed by atoms with Crippen molar-refractivity contribution in [2.75, 3.05) is 12.1 Å². The number of ether oxygens (including phenoxy) is 2. The number of nitrogens with one attached hydrogen (secondary N) is 2. The fourth-order valence-corrected chi connectivity index (χ4v) is 2.56. The van der Waals surface area contributed by atoms with E-state index in [1.807, 2.05) is 18.2 Å². The summed E-state index contributed by atoms with van der Waals surface area (Å²) in [4.78, 5) is 24.5. The van der Waals surface area contributed by atoms with E-state index in [2.05, 4.69) is 17.2 Å². The van der Waals surface area contributed by atoms with Crippen LogP contribution in [0.3, 0.4) is 0 Å². The van der Waals surface area contributed by atoms with E-state index in [4.69, 9.17) is 9.47 Å². The van der Waals surface area contributed by atoms with Gasteiger partial charge in [0.25, 0.3) is 5.91 Å². The molecule has 2 aromatic carbocycles. The first-order chi connectivity index (χ1) is 12.7. The highest BCUT2D eigenvalue weighted by atomic mass is 16.7. The number of benzene rings is 2. The van der Waals surface area contributed by atoms with Crippen molar-refractivity contribution in [2.24, 2.45) is 0 Å². The number of para-hydroxylation sites is 1. The van der Waals surface area contributed by atoms with Gasteiger partial charge in [-0.25, -0.2) is 0 Å². The molecule has 2 aromatic rings. The van der Waals surface area contributed by atoms with Crippen molar-refractivity contribution in [3.8, 4) is 11.5 Å². The van der Waals surface area contributed by atoms with Crippen molar-refractivity contribution in [3.63, 3.8) is 0 Å². The summed E-state index contributed by atoms with van der Waals surface area (Å²) < 4.78 is 10.6. The van der Waals surface area contributed by atoms with Gasteiger partial charge in [0.1, 0.15) is 0 Å². The van der Waals surface area contributed by atoms with Gasteiger partial charge in [-0.2, -0.15) is 0 Å². The quantitative estimate of drug-likeness (QED) is 0.750. The molecule has 0 radical (unpaired) electrons. The van der Waals surface area contributed by atoms with Gasteiger partial charge >= 0.3 is 0 Å². The van der Waals surface area contributed by atoms with Crippen LogP contribution in [0.5, 0.6) is 11.5 Å². The molecule has 0 aliphatic carbocycles. The summed E-state index contributed by atoms with van der Waals surface area (Å²) in [7, 11) is 0. The minimum Gasteiger partial charge on any atom is -0.454 e. The fourth-order valence-electron chi connectivity index (χ4n) is 2.56. The van der Waals surface area contributed by atoms with Crippen molar-refractivity contribution in [2.45, 2.75) is 19.4 Å². The van der Waals surface area contributed by atoms with E-state index in [1.165, 1.54) is 0 Å². The minimum atomic E-state index is -0.262. The molecular weight excluding hydrogens is 332 g/mol. The second-order valence-corrected chi connectivity index (χ2v) is 5.79. The molecule has 0 fully saturated rings. The maximum atomic E-state index is 12.5. The zero-order valence-corrected chi connectivity index (χ0v) is 14.3. The Morgan fingerprint density at radius 1 is 1.12 bits per heavy atom. The van der Waals surface area contributed by atoms with Crippen molar-refractivity contribution < 1.29 is 19.1 Å². The number of hydrogen-bond donors (Lipinski definition) is 2. The SMILES string of the molecule is C=CCCC(=O)Nc1ccccc1C(=O)NCc1ccc2c(c1)OCO2. The molecule has 0 spiro atoms. The van der Waals surface area contributed by atoms with Crippen LogP contribution in [0.15, 0.2) is 55.1 Å². The fraction of sp³-hybridized carbons (Fsp3) is 0.200. The van der Waals surface area contributed by atoms with Crippen LogP contribution >= 0.6 is 0 Å². The van der Waals surface area contributed by atoms with Gasteiger partial charge in [0.15, 0.2) is 11.5 Å². The third-order valence-corrected chi connectivity index (χ3v) is 3.91. The number of fused-ring (bicyclic) bond motifs is 1. The number of hydrogen-bond acceptors (Lipinski definition) is 4. The largest absolute Gasteiger partial charge is 0.454 e. The van der Waals surface area contributed by atoms with Crippen LogP contribution in [0.25, 0.3) is 0 Å². The van der Waals surface area contributed by atoms with E-state index in [1.54, 1.807) is 30.3 Å². The number of carbonyl (C=O) groups excluding carboxylic acids is 2. The number of allylic oxidation sites excluding steroid dienone is 1. The molecule has 0 saturated heterocycles. The standard InChI is InChI=1S/C20H20N2O4/c1-2-3-8-19(23)22-16-7-5-4-6-15(16)20(24)21-12-14-9-10-17-18(11-14)26-13-25-17/h2,4-7,9-11H,1,3,8,12-13H2,(H,21,24)(H,22,23). The van der Waals surface area contributed by atoms with Gasteiger partial charge in [-0.05, 0) is 36.2 Å². The van der Waals surface area contributed by atoms with Crippen LogP contribution in [-0.4, -0.2) is 18.6 Å². The molecule has 134 valence electrons. The van der Waals surface area contributed by atoms with Crippen LogP contribution in [0, 0.1) is 0 Å². The van der Waals surface area contributed by atoms with Gasteiger partial charge in [0, 0.05) is 13.0 Å². The Morgan fingerprint density at radius 3 is 2.77 bits per heavy atom. The van der Waals surface area contributed by atoms with Gasteiger partial charge in [-0.3, -0.25) is 9.59 Å². The highest BCUT2D eigenvalue weighted by Crippen LogP contribution is 2.32. The lowest BCUT2D eigenvalue weighted by atomic mass is 10.1. The molecule has 3 rings (SSSR count). The van der Waals surface area contributed by atoms with Crippen LogP contribution in [0.1, 0.15) is 28.8 Å². The predicted molar refractivity (Wildman–Crippen MR) is 98.2 cm³/mol. The maximum absolute atomic E-state index is 12.5. The van der Waals surface area contributed by atoms with Gasteiger partial charge in [-0.1, -0.05) is 24.3 Å². The van der Waals surface area contributed by atoms with Crippen LogP contribution in [0.2, 0.25) is 0 Å². The molecule has 6 nitrogen and oxygen atoms in total. The molecule has 0 saturated carbocycles. The van der Waals surface area contributed by atoms with E-state index in [0.717, 1.165) is 5.56 Å². The lowest BCUT2D eigenvalue weighted by molar-refractivity contribution is -0.116. The number of anilines is 1. The van der Waals surface area contributed by atoms with Crippen molar-refractivity contribution in [3.05, 3.63) is 66.2 Å². The van der Waals surface area contributed by atoms with Crippen LogP contribution in [-0.2, 0) is 11.3 Å². The molecule has 0 atom stereocenters. The third kappa shape index (κ3) is 4.22. The Kier molecular flexibility index (Phi) is 5.53. The molecule has 6 heteroatoms. The summed E-state index contributed by atoms with van der Waals surface area (Å²) in [5.41, 5.74) is 1.81. The average Bonchev–Trinajstić information content (AvgIpc) is 3.12. The monoisotopic (exact) mass is 352 g/mol. The number of amides is 2. The minimum absolute atomic E-state index is 0.152. The Labute approximate surface area is 151 Å². The second-order valence-electron chi connectivity index (χ2n) is 5.79. The molecule has 1 heterocycles. The lowest BCUT2D eigenvalue weighted by Gasteiger charge is -2.11. The Bertz CT molecular complexity index is 832. The van der Waals surface area contributed by atoms with E-state index in [9.17, 15) is 9.59 Å². The maximum Gasteiger partial charge on any atom is 0.253 e. The Balaban J connectivity index is 1.64. The van der Waals surface area contributed by atoms with Gasteiger partial charge in [0.05, 0.1) is 11.3 Å². The first-order valence-corrected chi connectivity index (χ1v) is 8.34. The molecule has 2 amide bonds. The molecule has 1 aliphatic rings. The summed E-state index contributed by atoms with van der Waals surface area (Å²) in [6.07, 6.45) is 2.60. The van der Waals surface area contributed by atoms with Gasteiger partial charge in [-0.15, -0.1) is 6.58 Å². The highest BCUT2D eigenvalue weighted by Gasteiger charge is 2.15. The van der Waals surface area contributed by atoms with Gasteiger partial charge < -0.3 is 20.1 Å². The van der Waals surface area contributed by atoms with E-state index >= 15 is 0 Å². The first-order valence-electron chi connectivity index (χ1n) is 8.34. The average molecular weight is 352 g/mol. The lowest BCUT2D eigenvalue weighted by Crippen LogP contribution is -2.24. The molecule has 0 bridgehead atoms. The van der Waals surface area contributed by atoms with Crippen molar-refractivity contribution in [1.29, 1.82) is 0 Å².